The SMILES string of the molecule is C[C@@H](C(=O)O)N1C(=O)C(N)CCCC(N)(CO)C1=O. The van der Waals surface area contributed by atoms with Crippen LogP contribution in [0.5, 0.6) is 0 Å². The van der Waals surface area contributed by atoms with Gasteiger partial charge in [-0.15, -0.1) is 0 Å². The van der Waals surface area contributed by atoms with Crippen molar-refractivity contribution in [1.82, 2.24) is 4.90 Å². The van der Waals surface area contributed by atoms with Crippen molar-refractivity contribution in [2.75, 3.05) is 6.61 Å². The number of carboxylic acids is 1. The second-order valence-electron chi connectivity index (χ2n) is 4.84. The number of carbonyl (C=O) groups is 3. The van der Waals surface area contributed by atoms with Crippen LogP contribution in [-0.4, -0.2) is 57.1 Å². The molecule has 1 fully saturated rings. The zero-order chi connectivity index (χ0) is 14.8. The van der Waals surface area contributed by atoms with Crippen molar-refractivity contribution in [2.24, 2.45) is 11.5 Å². The molecule has 6 N–H and O–H groups in total. The fraction of sp³-hybridized carbons (Fsp3) is 0.727. The summed E-state index contributed by atoms with van der Waals surface area (Å²) in [7, 11) is 0. The van der Waals surface area contributed by atoms with Gasteiger partial charge in [0.15, 0.2) is 0 Å². The maximum Gasteiger partial charge on any atom is 0.326 e. The lowest BCUT2D eigenvalue weighted by Gasteiger charge is -2.37. The van der Waals surface area contributed by atoms with Gasteiger partial charge in [-0.05, 0) is 26.2 Å². The standard InChI is InChI=1S/C11H19N3O5/c1-6(9(17)18)14-8(16)7(12)3-2-4-11(13,5-15)10(14)19/h6-7,15H,2-5,12-13H2,1H3,(H,17,18)/t6-,7?,11?/m0/s1. The topological polar surface area (TPSA) is 147 Å². The smallest absolute Gasteiger partial charge is 0.326 e. The van der Waals surface area contributed by atoms with Crippen molar-refractivity contribution in [3.63, 3.8) is 0 Å². The van der Waals surface area contributed by atoms with E-state index in [0.717, 1.165) is 0 Å². The molecule has 1 aliphatic heterocycles. The molecule has 0 aromatic heterocycles. The molecule has 1 aliphatic rings. The van der Waals surface area contributed by atoms with Crippen LogP contribution in [0.15, 0.2) is 0 Å². The Labute approximate surface area is 110 Å². The maximum absolute atomic E-state index is 12.3. The normalized spacial score (nSPS) is 30.7. The summed E-state index contributed by atoms with van der Waals surface area (Å²) in [6.45, 7) is 0.543. The second kappa shape index (κ2) is 5.64. The van der Waals surface area contributed by atoms with Crippen molar-refractivity contribution in [3.05, 3.63) is 0 Å². The lowest BCUT2D eigenvalue weighted by molar-refractivity contribution is -0.162. The van der Waals surface area contributed by atoms with E-state index in [1.54, 1.807) is 0 Å². The Morgan fingerprint density at radius 3 is 2.63 bits per heavy atom. The predicted molar refractivity (Wildman–Crippen MR) is 64.8 cm³/mol. The number of nitrogens with zero attached hydrogens (tertiary/aromatic N) is 1. The van der Waals surface area contributed by atoms with Gasteiger partial charge in [-0.25, -0.2) is 4.79 Å². The first-order valence-corrected chi connectivity index (χ1v) is 6.00. The van der Waals surface area contributed by atoms with Crippen LogP contribution in [0.1, 0.15) is 26.2 Å². The fourth-order valence-corrected chi connectivity index (χ4v) is 2.01. The average molecular weight is 273 g/mol. The molecule has 1 saturated heterocycles. The number of carbonyl (C=O) groups excluding carboxylic acids is 2. The van der Waals surface area contributed by atoms with Gasteiger partial charge in [0.2, 0.25) is 5.91 Å². The Hall–Kier alpha value is -1.51. The van der Waals surface area contributed by atoms with Gasteiger partial charge in [0.05, 0.1) is 12.6 Å². The third-order valence-corrected chi connectivity index (χ3v) is 3.36. The molecule has 1 rings (SSSR count). The van der Waals surface area contributed by atoms with Gasteiger partial charge < -0.3 is 21.7 Å². The molecule has 0 bridgehead atoms. The van der Waals surface area contributed by atoms with Crippen molar-refractivity contribution >= 4 is 17.8 Å². The molecule has 2 amide bonds. The van der Waals surface area contributed by atoms with Crippen molar-refractivity contribution in [1.29, 1.82) is 0 Å². The molecule has 8 heteroatoms. The van der Waals surface area contributed by atoms with Crippen LogP contribution >= 0.6 is 0 Å². The Morgan fingerprint density at radius 2 is 2.16 bits per heavy atom. The van der Waals surface area contributed by atoms with E-state index in [-0.39, 0.29) is 12.8 Å². The molecular weight excluding hydrogens is 254 g/mol. The zero-order valence-electron chi connectivity index (χ0n) is 10.7. The quantitative estimate of drug-likeness (QED) is 0.435. The van der Waals surface area contributed by atoms with E-state index >= 15 is 0 Å². The average Bonchev–Trinajstić information content (AvgIpc) is 2.36. The number of imide groups is 1. The molecule has 0 radical (unpaired) electrons. The number of carboxylic acid groups (broad SMARTS) is 1. The number of rotatable bonds is 3. The van der Waals surface area contributed by atoms with Crippen LogP contribution in [-0.2, 0) is 14.4 Å². The van der Waals surface area contributed by atoms with Gasteiger partial charge in [-0.1, -0.05) is 0 Å². The highest BCUT2D eigenvalue weighted by Gasteiger charge is 2.45. The summed E-state index contributed by atoms with van der Waals surface area (Å²) in [6, 6.07) is -2.31. The number of aliphatic hydroxyl groups excluding tert-OH is 1. The number of hydrogen-bond donors (Lipinski definition) is 4. The highest BCUT2D eigenvalue weighted by atomic mass is 16.4. The minimum atomic E-state index is -1.64. The molecular formula is C11H19N3O5. The van der Waals surface area contributed by atoms with E-state index in [1.165, 1.54) is 6.92 Å². The number of likely N-dealkylation sites (tertiary alicyclic amines) is 1. The summed E-state index contributed by atoms with van der Waals surface area (Å²) in [5, 5.41) is 18.2. The fourth-order valence-electron chi connectivity index (χ4n) is 2.01. The third-order valence-electron chi connectivity index (χ3n) is 3.36. The molecule has 8 nitrogen and oxygen atoms in total. The summed E-state index contributed by atoms with van der Waals surface area (Å²) in [5.41, 5.74) is 9.77. The Bertz CT molecular complexity index is 400. The molecule has 0 aromatic carbocycles. The van der Waals surface area contributed by atoms with E-state index in [0.29, 0.717) is 11.3 Å². The number of aliphatic carboxylic acids is 1. The van der Waals surface area contributed by atoms with Crippen LogP contribution < -0.4 is 11.5 Å². The van der Waals surface area contributed by atoms with Crippen LogP contribution in [0.2, 0.25) is 0 Å². The number of hydrogen-bond acceptors (Lipinski definition) is 6. The minimum Gasteiger partial charge on any atom is -0.480 e. The molecule has 1 heterocycles. The summed E-state index contributed by atoms with van der Waals surface area (Å²) >= 11 is 0. The molecule has 19 heavy (non-hydrogen) atoms. The number of aliphatic hydroxyl groups is 1. The summed E-state index contributed by atoms with van der Waals surface area (Å²) in [4.78, 5) is 35.9. The second-order valence-corrected chi connectivity index (χ2v) is 4.84. The van der Waals surface area contributed by atoms with Gasteiger partial charge in [-0.3, -0.25) is 14.5 Å². The Kier molecular flexibility index (Phi) is 4.61. The van der Waals surface area contributed by atoms with Gasteiger partial charge in [0.1, 0.15) is 11.6 Å². The van der Waals surface area contributed by atoms with E-state index < -0.39 is 42.0 Å². The first kappa shape index (κ1) is 15.5. The van der Waals surface area contributed by atoms with E-state index in [1.807, 2.05) is 0 Å². The highest BCUT2D eigenvalue weighted by molar-refractivity contribution is 6.05. The summed E-state index contributed by atoms with van der Waals surface area (Å²) in [6.07, 6.45) is 0.838. The van der Waals surface area contributed by atoms with E-state index in [2.05, 4.69) is 0 Å². The van der Waals surface area contributed by atoms with E-state index in [4.69, 9.17) is 16.6 Å². The van der Waals surface area contributed by atoms with Crippen LogP contribution in [0.25, 0.3) is 0 Å². The first-order valence-electron chi connectivity index (χ1n) is 6.00. The lowest BCUT2D eigenvalue weighted by atomic mass is 9.88. The van der Waals surface area contributed by atoms with Crippen molar-refractivity contribution < 1.29 is 24.6 Å². The van der Waals surface area contributed by atoms with Crippen LogP contribution in [0.4, 0.5) is 0 Å². The molecule has 3 atom stereocenters. The van der Waals surface area contributed by atoms with Gasteiger partial charge in [0, 0.05) is 0 Å². The molecule has 2 unspecified atom stereocenters. The largest absolute Gasteiger partial charge is 0.480 e. The monoisotopic (exact) mass is 273 g/mol. The highest BCUT2D eigenvalue weighted by Crippen LogP contribution is 2.21. The zero-order valence-corrected chi connectivity index (χ0v) is 10.7. The first-order chi connectivity index (χ1) is 8.74. The molecule has 0 aromatic rings. The molecule has 108 valence electrons. The van der Waals surface area contributed by atoms with Crippen molar-refractivity contribution in [2.45, 2.75) is 43.8 Å². The Balaban J connectivity index is 3.19. The lowest BCUT2D eigenvalue weighted by Crippen LogP contribution is -2.65. The molecule has 0 aliphatic carbocycles. The van der Waals surface area contributed by atoms with Crippen LogP contribution in [0.3, 0.4) is 0 Å². The Morgan fingerprint density at radius 1 is 1.58 bits per heavy atom. The van der Waals surface area contributed by atoms with Crippen molar-refractivity contribution in [3.8, 4) is 0 Å². The summed E-state index contributed by atoms with van der Waals surface area (Å²) in [5.74, 6) is -3.01. The minimum absolute atomic E-state index is 0.145. The van der Waals surface area contributed by atoms with E-state index in [9.17, 15) is 19.5 Å². The van der Waals surface area contributed by atoms with Gasteiger partial charge in [-0.2, -0.15) is 0 Å². The molecule has 0 saturated carbocycles. The number of amides is 2. The van der Waals surface area contributed by atoms with Crippen LogP contribution in [0, 0.1) is 0 Å². The third kappa shape index (κ3) is 2.91. The summed E-state index contributed by atoms with van der Waals surface area (Å²) < 4.78 is 0. The predicted octanol–water partition coefficient (Wildman–Crippen LogP) is -1.98. The van der Waals surface area contributed by atoms with Gasteiger partial charge >= 0.3 is 5.97 Å². The molecule has 0 spiro atoms. The number of nitrogens with two attached hydrogens (primary N) is 2. The maximum atomic E-state index is 12.3. The van der Waals surface area contributed by atoms with Gasteiger partial charge in [0.25, 0.3) is 5.91 Å².